The van der Waals surface area contributed by atoms with E-state index < -0.39 is 12.1 Å². The average Bonchev–Trinajstić information content (AvgIpc) is 3.12. The van der Waals surface area contributed by atoms with Crippen molar-refractivity contribution in [2.24, 2.45) is 0 Å². The van der Waals surface area contributed by atoms with Crippen LogP contribution in [0.4, 0.5) is 5.95 Å². The Kier molecular flexibility index (Phi) is 4.76. The van der Waals surface area contributed by atoms with Gasteiger partial charge in [0.15, 0.2) is 0 Å². The van der Waals surface area contributed by atoms with Crippen molar-refractivity contribution in [2.75, 3.05) is 5.73 Å². The molecule has 0 bridgehead atoms. The third kappa shape index (κ3) is 3.84. The lowest BCUT2D eigenvalue weighted by atomic mass is 10.0. The molecule has 5 N–H and O–H groups in total. The number of rotatable bonds is 5. The van der Waals surface area contributed by atoms with E-state index in [1.807, 2.05) is 30.3 Å². The van der Waals surface area contributed by atoms with Gasteiger partial charge in [0.1, 0.15) is 5.69 Å². The van der Waals surface area contributed by atoms with E-state index in [1.54, 1.807) is 31.5 Å². The van der Waals surface area contributed by atoms with Crippen molar-refractivity contribution < 1.29 is 9.90 Å². The summed E-state index contributed by atoms with van der Waals surface area (Å²) < 4.78 is 0. The quantitative estimate of drug-likeness (QED) is 0.567. The molecule has 25 heavy (non-hydrogen) atoms. The minimum absolute atomic E-state index is 0.171. The van der Waals surface area contributed by atoms with Crippen LogP contribution in [0.25, 0.3) is 11.3 Å². The third-order valence-corrected chi connectivity index (χ3v) is 3.87. The summed E-state index contributed by atoms with van der Waals surface area (Å²) in [6, 6.07) is 12.1. The summed E-state index contributed by atoms with van der Waals surface area (Å²) in [5.74, 6) is -0.139. The number of carbonyl (C=O) groups is 1. The van der Waals surface area contributed by atoms with Gasteiger partial charge >= 0.3 is 0 Å². The number of hydrogen-bond donors (Lipinski definition) is 4. The Hall–Kier alpha value is -3.19. The lowest BCUT2D eigenvalue weighted by Gasteiger charge is -2.20. The first-order valence-electron chi connectivity index (χ1n) is 7.86. The van der Waals surface area contributed by atoms with Crippen molar-refractivity contribution in [2.45, 2.75) is 19.1 Å². The van der Waals surface area contributed by atoms with Gasteiger partial charge in [-0.15, -0.1) is 0 Å². The van der Waals surface area contributed by atoms with Crippen LogP contribution in [0.2, 0.25) is 0 Å². The van der Waals surface area contributed by atoms with E-state index in [0.717, 1.165) is 11.1 Å². The molecule has 2 unspecified atom stereocenters. The maximum Gasteiger partial charge on any atom is 0.268 e. The fraction of sp³-hybridized carbons (Fsp3) is 0.167. The molecule has 0 aliphatic rings. The lowest BCUT2D eigenvalue weighted by Crippen LogP contribution is -2.37. The third-order valence-electron chi connectivity index (χ3n) is 3.87. The predicted octanol–water partition coefficient (Wildman–Crippen LogP) is 1.91. The van der Waals surface area contributed by atoms with Crippen LogP contribution >= 0.6 is 0 Å². The van der Waals surface area contributed by atoms with Crippen LogP contribution in [0.3, 0.4) is 0 Å². The Bertz CT molecular complexity index is 863. The van der Waals surface area contributed by atoms with Crippen LogP contribution in [0.15, 0.2) is 54.9 Å². The number of aliphatic hydroxyl groups excluding tert-OH is 1. The SMILES string of the molecule is CC(NC(=O)c1cc(-c2ccnc(N)n2)c[nH]1)C(O)c1ccccc1. The second-order valence-corrected chi connectivity index (χ2v) is 5.72. The summed E-state index contributed by atoms with van der Waals surface area (Å²) in [4.78, 5) is 23.3. The second-order valence-electron chi connectivity index (χ2n) is 5.72. The van der Waals surface area contributed by atoms with E-state index in [1.165, 1.54) is 0 Å². The first kappa shape index (κ1) is 16.7. The Morgan fingerprint density at radius 3 is 2.76 bits per heavy atom. The van der Waals surface area contributed by atoms with Crippen molar-refractivity contribution in [1.82, 2.24) is 20.3 Å². The Balaban J connectivity index is 1.69. The summed E-state index contributed by atoms with van der Waals surface area (Å²) >= 11 is 0. The summed E-state index contributed by atoms with van der Waals surface area (Å²) in [5.41, 5.74) is 8.06. The highest BCUT2D eigenvalue weighted by molar-refractivity contribution is 5.94. The molecule has 2 atom stereocenters. The topological polar surface area (TPSA) is 117 Å². The first-order chi connectivity index (χ1) is 12.0. The average molecular weight is 337 g/mol. The van der Waals surface area contributed by atoms with Gasteiger partial charge in [-0.2, -0.15) is 0 Å². The fourth-order valence-corrected chi connectivity index (χ4v) is 2.51. The molecule has 2 heterocycles. The van der Waals surface area contributed by atoms with Crippen molar-refractivity contribution in [1.29, 1.82) is 0 Å². The number of amides is 1. The number of carbonyl (C=O) groups excluding carboxylic acids is 1. The smallest absolute Gasteiger partial charge is 0.268 e. The highest BCUT2D eigenvalue weighted by Gasteiger charge is 2.20. The van der Waals surface area contributed by atoms with E-state index in [4.69, 9.17) is 5.73 Å². The fourth-order valence-electron chi connectivity index (χ4n) is 2.51. The van der Waals surface area contributed by atoms with E-state index in [2.05, 4.69) is 20.3 Å². The summed E-state index contributed by atoms with van der Waals surface area (Å²) in [7, 11) is 0. The normalized spacial score (nSPS) is 13.2. The molecule has 1 aromatic carbocycles. The number of aromatic nitrogens is 3. The van der Waals surface area contributed by atoms with E-state index >= 15 is 0 Å². The van der Waals surface area contributed by atoms with Crippen molar-refractivity contribution in [3.63, 3.8) is 0 Å². The zero-order chi connectivity index (χ0) is 17.8. The number of nitrogens with one attached hydrogen (secondary N) is 2. The molecule has 0 saturated heterocycles. The van der Waals surface area contributed by atoms with Gasteiger partial charge in [-0.05, 0) is 24.6 Å². The zero-order valence-corrected chi connectivity index (χ0v) is 13.7. The van der Waals surface area contributed by atoms with Gasteiger partial charge in [-0.25, -0.2) is 9.97 Å². The largest absolute Gasteiger partial charge is 0.386 e. The van der Waals surface area contributed by atoms with Gasteiger partial charge in [0.2, 0.25) is 5.95 Å². The molecule has 3 aromatic rings. The standard InChI is InChI=1S/C18H19N5O2/c1-11(16(24)12-5-3-2-4-6-12)22-17(25)15-9-13(10-21-15)14-7-8-20-18(19)23-14/h2-11,16,21,24H,1H3,(H,22,25)(H2,19,20,23). The van der Waals surface area contributed by atoms with Gasteiger partial charge in [0, 0.05) is 18.0 Å². The second kappa shape index (κ2) is 7.14. The maximum atomic E-state index is 12.4. The number of H-pyrrole nitrogens is 1. The highest BCUT2D eigenvalue weighted by Crippen LogP contribution is 2.19. The van der Waals surface area contributed by atoms with Gasteiger partial charge in [-0.1, -0.05) is 30.3 Å². The maximum absolute atomic E-state index is 12.4. The van der Waals surface area contributed by atoms with E-state index in [9.17, 15) is 9.90 Å². The molecule has 2 aromatic heterocycles. The lowest BCUT2D eigenvalue weighted by molar-refractivity contribution is 0.0848. The highest BCUT2D eigenvalue weighted by atomic mass is 16.3. The number of benzene rings is 1. The number of aromatic amines is 1. The van der Waals surface area contributed by atoms with Crippen LogP contribution < -0.4 is 11.1 Å². The molecule has 7 nitrogen and oxygen atoms in total. The number of hydrogen-bond acceptors (Lipinski definition) is 5. The van der Waals surface area contributed by atoms with E-state index in [-0.39, 0.29) is 11.9 Å². The number of anilines is 1. The Morgan fingerprint density at radius 1 is 1.28 bits per heavy atom. The van der Waals surface area contributed by atoms with Gasteiger partial charge in [0.05, 0.1) is 17.8 Å². The molecule has 128 valence electrons. The number of aliphatic hydroxyl groups is 1. The molecular formula is C18H19N5O2. The Morgan fingerprint density at radius 2 is 2.04 bits per heavy atom. The molecule has 0 radical (unpaired) electrons. The van der Waals surface area contributed by atoms with Crippen molar-refractivity contribution in [3.8, 4) is 11.3 Å². The molecule has 0 fully saturated rings. The zero-order valence-electron chi connectivity index (χ0n) is 13.7. The summed E-state index contributed by atoms with van der Waals surface area (Å²) in [5, 5.41) is 13.1. The molecular weight excluding hydrogens is 318 g/mol. The molecule has 0 aliphatic carbocycles. The van der Waals surface area contributed by atoms with Gasteiger partial charge in [-0.3, -0.25) is 4.79 Å². The Labute approximate surface area is 144 Å². The van der Waals surface area contributed by atoms with Gasteiger partial charge < -0.3 is 21.1 Å². The van der Waals surface area contributed by atoms with Crippen LogP contribution in [0.1, 0.15) is 29.1 Å². The molecule has 0 saturated carbocycles. The monoisotopic (exact) mass is 337 g/mol. The number of nitrogen functional groups attached to an aromatic ring is 1. The minimum Gasteiger partial charge on any atom is -0.386 e. The summed E-state index contributed by atoms with van der Waals surface area (Å²) in [6.45, 7) is 1.75. The molecule has 3 rings (SSSR count). The van der Waals surface area contributed by atoms with Crippen LogP contribution in [-0.4, -0.2) is 32.0 Å². The molecule has 7 heteroatoms. The van der Waals surface area contributed by atoms with Crippen LogP contribution in [-0.2, 0) is 0 Å². The molecule has 1 amide bonds. The minimum atomic E-state index is -0.791. The number of nitrogens with two attached hydrogens (primary N) is 1. The van der Waals surface area contributed by atoms with Crippen LogP contribution in [0.5, 0.6) is 0 Å². The first-order valence-corrected chi connectivity index (χ1v) is 7.86. The van der Waals surface area contributed by atoms with E-state index in [0.29, 0.717) is 11.4 Å². The number of nitrogens with zero attached hydrogens (tertiary/aromatic N) is 2. The predicted molar refractivity (Wildman–Crippen MR) is 94.6 cm³/mol. The van der Waals surface area contributed by atoms with Crippen molar-refractivity contribution >= 4 is 11.9 Å². The van der Waals surface area contributed by atoms with Gasteiger partial charge in [0.25, 0.3) is 5.91 Å². The molecule has 0 spiro atoms. The van der Waals surface area contributed by atoms with Crippen molar-refractivity contribution in [3.05, 3.63) is 66.1 Å². The van der Waals surface area contributed by atoms with Crippen LogP contribution in [0, 0.1) is 0 Å². The molecule has 0 aliphatic heterocycles. The summed E-state index contributed by atoms with van der Waals surface area (Å²) in [6.07, 6.45) is 2.44.